The van der Waals surface area contributed by atoms with E-state index in [0.717, 1.165) is 18.4 Å². The van der Waals surface area contributed by atoms with Gasteiger partial charge in [-0.15, -0.1) is 0 Å². The number of nitrogens with one attached hydrogen (secondary N) is 1. The summed E-state index contributed by atoms with van der Waals surface area (Å²) in [5, 5.41) is 3.40. The van der Waals surface area contributed by atoms with Crippen LogP contribution in [0, 0.1) is 11.8 Å². The Morgan fingerprint density at radius 2 is 1.72 bits per heavy atom. The van der Waals surface area contributed by atoms with Crippen LogP contribution >= 0.6 is 0 Å². The predicted octanol–water partition coefficient (Wildman–Crippen LogP) is 3.05. The van der Waals surface area contributed by atoms with Gasteiger partial charge in [0.15, 0.2) is 5.96 Å². The van der Waals surface area contributed by atoms with Crippen LogP contribution in [-0.2, 0) is 0 Å². The molecule has 0 aromatic heterocycles. The SMILES string of the molecule is CC1CCCCC1CN=C(N)NC1CCCCC1. The lowest BCUT2D eigenvalue weighted by Gasteiger charge is -2.28. The van der Waals surface area contributed by atoms with Crippen LogP contribution in [0.25, 0.3) is 0 Å². The fourth-order valence-electron chi connectivity index (χ4n) is 3.38. The minimum absolute atomic E-state index is 0.575. The third-order valence-corrected chi connectivity index (χ3v) is 4.74. The monoisotopic (exact) mass is 251 g/mol. The first-order chi connectivity index (χ1) is 8.75. The van der Waals surface area contributed by atoms with Gasteiger partial charge in [-0.1, -0.05) is 45.4 Å². The van der Waals surface area contributed by atoms with Crippen LogP contribution in [0.15, 0.2) is 4.99 Å². The first-order valence-corrected chi connectivity index (χ1v) is 7.82. The summed E-state index contributed by atoms with van der Waals surface area (Å²) in [5.41, 5.74) is 6.01. The van der Waals surface area contributed by atoms with Gasteiger partial charge in [0.1, 0.15) is 0 Å². The smallest absolute Gasteiger partial charge is 0.188 e. The van der Waals surface area contributed by atoms with Crippen molar-refractivity contribution in [2.45, 2.75) is 70.8 Å². The van der Waals surface area contributed by atoms with E-state index in [1.54, 1.807) is 0 Å². The minimum atomic E-state index is 0.575. The van der Waals surface area contributed by atoms with Crippen molar-refractivity contribution in [3.63, 3.8) is 0 Å². The van der Waals surface area contributed by atoms with Crippen LogP contribution in [0.1, 0.15) is 64.7 Å². The average Bonchev–Trinajstić information content (AvgIpc) is 2.39. The van der Waals surface area contributed by atoms with E-state index in [1.165, 1.54) is 57.8 Å². The second kappa shape index (κ2) is 7.01. The summed E-state index contributed by atoms with van der Waals surface area (Å²) in [4.78, 5) is 4.58. The predicted molar refractivity (Wildman–Crippen MR) is 77.6 cm³/mol. The molecule has 0 aliphatic heterocycles. The van der Waals surface area contributed by atoms with Gasteiger partial charge in [-0.3, -0.25) is 4.99 Å². The van der Waals surface area contributed by atoms with E-state index in [2.05, 4.69) is 17.2 Å². The Hall–Kier alpha value is -0.730. The van der Waals surface area contributed by atoms with Crippen molar-refractivity contribution in [1.29, 1.82) is 0 Å². The maximum atomic E-state index is 6.01. The molecule has 3 nitrogen and oxygen atoms in total. The maximum Gasteiger partial charge on any atom is 0.188 e. The molecule has 0 bridgehead atoms. The van der Waals surface area contributed by atoms with Gasteiger partial charge in [-0.2, -0.15) is 0 Å². The molecule has 2 rings (SSSR count). The van der Waals surface area contributed by atoms with Crippen LogP contribution in [0.5, 0.6) is 0 Å². The summed E-state index contributed by atoms with van der Waals surface area (Å²) in [6, 6.07) is 0.575. The molecule has 104 valence electrons. The number of nitrogens with zero attached hydrogens (tertiary/aromatic N) is 1. The van der Waals surface area contributed by atoms with Crippen LogP contribution in [0.2, 0.25) is 0 Å². The zero-order chi connectivity index (χ0) is 12.8. The van der Waals surface area contributed by atoms with E-state index in [0.29, 0.717) is 12.0 Å². The molecule has 2 aliphatic carbocycles. The van der Waals surface area contributed by atoms with E-state index in [4.69, 9.17) is 5.73 Å². The Bertz CT molecular complexity index is 269. The van der Waals surface area contributed by atoms with E-state index in [1.807, 2.05) is 0 Å². The topological polar surface area (TPSA) is 50.4 Å². The van der Waals surface area contributed by atoms with Gasteiger partial charge in [0, 0.05) is 12.6 Å². The van der Waals surface area contributed by atoms with Gasteiger partial charge in [-0.25, -0.2) is 0 Å². The number of aliphatic imine (C=N–C) groups is 1. The van der Waals surface area contributed by atoms with E-state index in [9.17, 15) is 0 Å². The number of hydrogen-bond acceptors (Lipinski definition) is 1. The first kappa shape index (κ1) is 13.7. The molecule has 2 saturated carbocycles. The lowest BCUT2D eigenvalue weighted by atomic mass is 9.80. The third kappa shape index (κ3) is 4.18. The molecule has 0 aromatic rings. The average molecular weight is 251 g/mol. The van der Waals surface area contributed by atoms with Crippen LogP contribution < -0.4 is 11.1 Å². The Kier molecular flexibility index (Phi) is 5.33. The van der Waals surface area contributed by atoms with Crippen LogP contribution in [0.4, 0.5) is 0 Å². The zero-order valence-corrected chi connectivity index (χ0v) is 11.8. The first-order valence-electron chi connectivity index (χ1n) is 7.82. The largest absolute Gasteiger partial charge is 0.370 e. The van der Waals surface area contributed by atoms with Gasteiger partial charge >= 0.3 is 0 Å². The van der Waals surface area contributed by atoms with E-state index < -0.39 is 0 Å². The lowest BCUT2D eigenvalue weighted by molar-refractivity contribution is 0.263. The third-order valence-electron chi connectivity index (χ3n) is 4.74. The highest BCUT2D eigenvalue weighted by Gasteiger charge is 2.21. The Morgan fingerprint density at radius 1 is 1.06 bits per heavy atom. The van der Waals surface area contributed by atoms with Crippen molar-refractivity contribution >= 4 is 5.96 Å². The summed E-state index contributed by atoms with van der Waals surface area (Å²) in [6.07, 6.45) is 12.1. The lowest BCUT2D eigenvalue weighted by Crippen LogP contribution is -2.41. The molecule has 2 aliphatic rings. The molecule has 0 spiro atoms. The molecular formula is C15H29N3. The van der Waals surface area contributed by atoms with Gasteiger partial charge in [-0.05, 0) is 31.1 Å². The van der Waals surface area contributed by atoms with Gasteiger partial charge in [0.2, 0.25) is 0 Å². The van der Waals surface area contributed by atoms with Crippen LogP contribution in [-0.4, -0.2) is 18.5 Å². The second-order valence-electron chi connectivity index (χ2n) is 6.23. The van der Waals surface area contributed by atoms with Crippen molar-refractivity contribution in [2.24, 2.45) is 22.6 Å². The van der Waals surface area contributed by atoms with Crippen molar-refractivity contribution in [3.8, 4) is 0 Å². The van der Waals surface area contributed by atoms with E-state index in [-0.39, 0.29) is 0 Å². The van der Waals surface area contributed by atoms with Crippen molar-refractivity contribution in [2.75, 3.05) is 6.54 Å². The molecule has 18 heavy (non-hydrogen) atoms. The fourth-order valence-corrected chi connectivity index (χ4v) is 3.38. The zero-order valence-electron chi connectivity index (χ0n) is 11.8. The molecule has 0 aromatic carbocycles. The molecule has 3 heteroatoms. The Labute approximate surface area is 112 Å². The molecule has 2 atom stereocenters. The summed E-state index contributed by atoms with van der Waals surface area (Å²) in [5.74, 6) is 2.26. The summed E-state index contributed by atoms with van der Waals surface area (Å²) in [6.45, 7) is 3.29. The van der Waals surface area contributed by atoms with Gasteiger partial charge < -0.3 is 11.1 Å². The number of nitrogens with two attached hydrogens (primary N) is 1. The summed E-state index contributed by atoms with van der Waals surface area (Å²) < 4.78 is 0. The fraction of sp³-hybridized carbons (Fsp3) is 0.933. The van der Waals surface area contributed by atoms with Crippen molar-refractivity contribution in [1.82, 2.24) is 5.32 Å². The molecule has 0 saturated heterocycles. The molecular weight excluding hydrogens is 222 g/mol. The highest BCUT2D eigenvalue weighted by atomic mass is 15.1. The maximum absolute atomic E-state index is 6.01. The van der Waals surface area contributed by atoms with Gasteiger partial charge in [0.05, 0.1) is 0 Å². The molecule has 0 heterocycles. The summed E-state index contributed by atoms with van der Waals surface area (Å²) >= 11 is 0. The number of rotatable bonds is 3. The highest BCUT2D eigenvalue weighted by Crippen LogP contribution is 2.29. The quantitative estimate of drug-likeness (QED) is 0.598. The van der Waals surface area contributed by atoms with Crippen LogP contribution in [0.3, 0.4) is 0 Å². The van der Waals surface area contributed by atoms with E-state index >= 15 is 0 Å². The standard InChI is InChI=1S/C15H29N3/c1-12-7-5-6-8-13(12)11-17-15(16)18-14-9-3-2-4-10-14/h12-14H,2-11H2,1H3,(H3,16,17,18). The second-order valence-corrected chi connectivity index (χ2v) is 6.23. The number of guanidine groups is 1. The molecule has 2 unspecified atom stereocenters. The van der Waals surface area contributed by atoms with Crippen molar-refractivity contribution < 1.29 is 0 Å². The summed E-state index contributed by atoms with van der Waals surface area (Å²) in [7, 11) is 0. The molecule has 0 amide bonds. The normalized spacial score (nSPS) is 31.3. The van der Waals surface area contributed by atoms with Crippen molar-refractivity contribution in [3.05, 3.63) is 0 Å². The Balaban J connectivity index is 1.73. The molecule has 3 N–H and O–H groups in total. The Morgan fingerprint density at radius 3 is 2.44 bits per heavy atom. The molecule has 0 radical (unpaired) electrons. The van der Waals surface area contributed by atoms with Gasteiger partial charge in [0.25, 0.3) is 0 Å². The molecule has 2 fully saturated rings. The number of hydrogen-bond donors (Lipinski definition) is 2. The highest BCUT2D eigenvalue weighted by molar-refractivity contribution is 5.78. The minimum Gasteiger partial charge on any atom is -0.370 e.